The van der Waals surface area contributed by atoms with Crippen LogP contribution in [-0.4, -0.2) is 29.8 Å². The van der Waals surface area contributed by atoms with E-state index in [0.29, 0.717) is 12.5 Å². The third-order valence-electron chi connectivity index (χ3n) is 4.87. The molecule has 0 bridgehead atoms. The Morgan fingerprint density at radius 3 is 2.96 bits per heavy atom. The summed E-state index contributed by atoms with van der Waals surface area (Å²) >= 11 is 1.67. The van der Waals surface area contributed by atoms with Crippen molar-refractivity contribution < 1.29 is 9.84 Å². The first-order valence-corrected chi connectivity index (χ1v) is 10.1. The van der Waals surface area contributed by atoms with E-state index in [1.54, 1.807) is 11.3 Å². The van der Waals surface area contributed by atoms with Gasteiger partial charge >= 0.3 is 0 Å². The van der Waals surface area contributed by atoms with Gasteiger partial charge in [-0.2, -0.15) is 0 Å². The van der Waals surface area contributed by atoms with Crippen molar-refractivity contribution in [1.29, 1.82) is 0 Å². The summed E-state index contributed by atoms with van der Waals surface area (Å²) in [6.07, 6.45) is 5.94. The number of benzene rings is 1. The first-order chi connectivity index (χ1) is 12.3. The van der Waals surface area contributed by atoms with Crippen LogP contribution in [0.1, 0.15) is 55.3 Å². The molecule has 1 atom stereocenters. The van der Waals surface area contributed by atoms with Crippen molar-refractivity contribution >= 4 is 11.3 Å². The summed E-state index contributed by atoms with van der Waals surface area (Å²) in [6.45, 7) is 3.77. The van der Waals surface area contributed by atoms with Crippen molar-refractivity contribution in [2.45, 2.75) is 51.4 Å². The number of aliphatic hydroxyl groups is 1. The molecule has 25 heavy (non-hydrogen) atoms. The van der Waals surface area contributed by atoms with Gasteiger partial charge in [-0.05, 0) is 61.3 Å². The molecule has 0 unspecified atom stereocenters. The lowest BCUT2D eigenvalue weighted by Crippen LogP contribution is -2.14. The van der Waals surface area contributed by atoms with Gasteiger partial charge in [-0.15, -0.1) is 0 Å². The molecule has 1 aliphatic rings. The fourth-order valence-corrected chi connectivity index (χ4v) is 4.43. The van der Waals surface area contributed by atoms with Gasteiger partial charge in [0.15, 0.2) is 0 Å². The summed E-state index contributed by atoms with van der Waals surface area (Å²) in [6, 6.07) is 6.73. The molecule has 0 saturated heterocycles. The van der Waals surface area contributed by atoms with Crippen LogP contribution in [-0.2, 0) is 12.8 Å². The average molecular weight is 361 g/mol. The second-order valence-electron chi connectivity index (χ2n) is 6.67. The van der Waals surface area contributed by atoms with E-state index in [2.05, 4.69) is 30.1 Å². The minimum Gasteiger partial charge on any atom is -0.470 e. The predicted molar refractivity (Wildman–Crippen MR) is 103 cm³/mol. The van der Waals surface area contributed by atoms with Crippen LogP contribution in [0.2, 0.25) is 0 Å². The van der Waals surface area contributed by atoms with Gasteiger partial charge in [0.25, 0.3) is 5.19 Å². The first-order valence-electron chi connectivity index (χ1n) is 9.33. The zero-order valence-electron chi connectivity index (χ0n) is 15.0. The zero-order valence-corrected chi connectivity index (χ0v) is 15.8. The molecule has 1 heterocycles. The van der Waals surface area contributed by atoms with Gasteiger partial charge in [0.05, 0.1) is 17.2 Å². The number of aliphatic hydroxyl groups excluding tert-OH is 1. The van der Waals surface area contributed by atoms with Crippen LogP contribution >= 0.6 is 11.3 Å². The highest BCUT2D eigenvalue weighted by Gasteiger charge is 2.22. The lowest BCUT2D eigenvalue weighted by Gasteiger charge is -2.20. The lowest BCUT2D eigenvalue weighted by molar-refractivity contribution is 0.280. The normalized spacial score (nSPS) is 14.0. The largest absolute Gasteiger partial charge is 0.470 e. The summed E-state index contributed by atoms with van der Waals surface area (Å²) in [5.41, 5.74) is 11.1. The Morgan fingerprint density at radius 2 is 2.20 bits per heavy atom. The number of rotatable bonds is 9. The summed E-state index contributed by atoms with van der Waals surface area (Å²) in [5, 5.41) is 9.88. The van der Waals surface area contributed by atoms with Crippen molar-refractivity contribution in [3.63, 3.8) is 0 Å². The van der Waals surface area contributed by atoms with E-state index in [0.717, 1.165) is 50.3 Å². The number of hydrogen-bond acceptors (Lipinski definition) is 5. The maximum atomic E-state index is 9.08. The zero-order chi connectivity index (χ0) is 17.6. The smallest absolute Gasteiger partial charge is 0.273 e. The second kappa shape index (κ2) is 8.79. The minimum atomic E-state index is 0.229. The molecule has 1 aromatic carbocycles. The Morgan fingerprint density at radius 1 is 1.32 bits per heavy atom. The molecule has 3 rings (SSSR count). The monoisotopic (exact) mass is 360 g/mol. The van der Waals surface area contributed by atoms with Gasteiger partial charge < -0.3 is 15.6 Å². The molecule has 1 aliphatic carbocycles. The number of nitrogens with zero attached hydrogens (tertiary/aromatic N) is 1. The molecule has 0 amide bonds. The highest BCUT2D eigenvalue weighted by atomic mass is 32.1. The molecule has 136 valence electrons. The minimum absolute atomic E-state index is 0.229. The van der Waals surface area contributed by atoms with Crippen LogP contribution in [0.15, 0.2) is 18.2 Å². The van der Waals surface area contributed by atoms with Crippen molar-refractivity contribution in [3.8, 4) is 15.6 Å². The van der Waals surface area contributed by atoms with Gasteiger partial charge in [0, 0.05) is 6.61 Å². The van der Waals surface area contributed by atoms with E-state index < -0.39 is 0 Å². The van der Waals surface area contributed by atoms with Crippen molar-refractivity contribution in [1.82, 2.24) is 4.98 Å². The molecular formula is C20H28N2O2S. The van der Waals surface area contributed by atoms with E-state index in [4.69, 9.17) is 15.6 Å². The summed E-state index contributed by atoms with van der Waals surface area (Å²) in [4.78, 5) is 5.95. The predicted octanol–water partition coefficient (Wildman–Crippen LogP) is 3.90. The second-order valence-corrected chi connectivity index (χ2v) is 7.63. The summed E-state index contributed by atoms with van der Waals surface area (Å²) < 4.78 is 5.81. The third kappa shape index (κ3) is 4.22. The van der Waals surface area contributed by atoms with Crippen LogP contribution in [0.3, 0.4) is 0 Å². The van der Waals surface area contributed by atoms with E-state index in [1.807, 2.05) is 0 Å². The Balaban J connectivity index is 1.80. The Kier molecular flexibility index (Phi) is 6.45. The van der Waals surface area contributed by atoms with Gasteiger partial charge in [-0.3, -0.25) is 0 Å². The maximum Gasteiger partial charge on any atom is 0.273 e. The van der Waals surface area contributed by atoms with Gasteiger partial charge in [-0.25, -0.2) is 4.98 Å². The maximum absolute atomic E-state index is 9.08. The van der Waals surface area contributed by atoms with Crippen molar-refractivity contribution in [2.24, 2.45) is 5.73 Å². The number of ether oxygens (including phenoxy) is 1. The van der Waals surface area contributed by atoms with E-state index in [-0.39, 0.29) is 6.61 Å². The molecule has 0 aliphatic heterocycles. The molecule has 4 nitrogen and oxygen atoms in total. The number of nitrogens with two attached hydrogens (primary N) is 1. The number of fused-ring (bicyclic) bond motifs is 3. The molecule has 3 N–H and O–H groups in total. The van der Waals surface area contributed by atoms with E-state index in [9.17, 15) is 0 Å². The van der Waals surface area contributed by atoms with Crippen LogP contribution in [0.5, 0.6) is 5.19 Å². The van der Waals surface area contributed by atoms with E-state index in [1.165, 1.54) is 27.3 Å². The third-order valence-corrected chi connectivity index (χ3v) is 5.92. The van der Waals surface area contributed by atoms with Crippen LogP contribution in [0.4, 0.5) is 0 Å². The molecule has 0 saturated carbocycles. The molecule has 0 fully saturated rings. The molecular weight excluding hydrogens is 332 g/mol. The molecule has 0 spiro atoms. The number of thiazole rings is 1. The van der Waals surface area contributed by atoms with Crippen LogP contribution in [0, 0.1) is 0 Å². The van der Waals surface area contributed by atoms with Gasteiger partial charge in [0.1, 0.15) is 0 Å². The Hall–Kier alpha value is -1.43. The van der Waals surface area contributed by atoms with Crippen LogP contribution in [0.25, 0.3) is 10.4 Å². The molecule has 2 aromatic rings. The Labute approximate surface area is 154 Å². The highest BCUT2D eigenvalue weighted by molar-refractivity contribution is 7.17. The number of unbranched alkanes of at least 4 members (excludes halogenated alkanes) is 1. The topological polar surface area (TPSA) is 68.4 Å². The van der Waals surface area contributed by atoms with Crippen molar-refractivity contribution in [3.05, 3.63) is 35.0 Å². The number of hydrogen-bond donors (Lipinski definition) is 2. The summed E-state index contributed by atoms with van der Waals surface area (Å²) in [5.74, 6) is 0.327. The first kappa shape index (κ1) is 18.4. The quantitative estimate of drug-likeness (QED) is 0.666. The van der Waals surface area contributed by atoms with Crippen LogP contribution < -0.4 is 10.5 Å². The van der Waals surface area contributed by atoms with Crippen molar-refractivity contribution in [2.75, 3.05) is 19.8 Å². The lowest BCUT2D eigenvalue weighted by atomic mass is 9.87. The van der Waals surface area contributed by atoms with Gasteiger partial charge in [-0.1, -0.05) is 42.9 Å². The fourth-order valence-electron chi connectivity index (χ4n) is 3.38. The standard InChI is InChI=1S/C20H28N2O2S/c1-2-3-11-24-20-22-18-9-7-15-12-14(16(13-21)5-4-10-23)6-8-17(15)19(18)25-20/h6,8,12,16,23H,2-5,7,9-11,13,21H2,1H3/t16-/m0/s1. The average Bonchev–Trinajstić information content (AvgIpc) is 3.05. The Bertz CT molecular complexity index is 699. The highest BCUT2D eigenvalue weighted by Crippen LogP contribution is 2.41. The molecule has 5 heteroatoms. The molecule has 1 aromatic heterocycles. The number of aromatic nitrogens is 1. The van der Waals surface area contributed by atoms with E-state index >= 15 is 0 Å². The fraction of sp³-hybridized carbons (Fsp3) is 0.550. The van der Waals surface area contributed by atoms with Gasteiger partial charge in [0.2, 0.25) is 0 Å². The summed E-state index contributed by atoms with van der Waals surface area (Å²) in [7, 11) is 0. The number of aryl methyl sites for hydroxylation is 2. The SMILES string of the molecule is CCCCOc1nc2c(s1)-c1ccc([C@H](CN)CCCO)cc1CC2. The molecule has 0 radical (unpaired) electrons.